The summed E-state index contributed by atoms with van der Waals surface area (Å²) in [6.45, 7) is -0.245. The molecule has 2 rings (SSSR count). The maximum atomic E-state index is 12.6. The number of rotatable bonds is 3. The molecule has 0 aliphatic rings. The van der Waals surface area contributed by atoms with Gasteiger partial charge in [0, 0.05) is 12.3 Å². The molecule has 0 spiro atoms. The first kappa shape index (κ1) is 14.8. The molecule has 0 amide bonds. The van der Waals surface area contributed by atoms with Crippen molar-refractivity contribution in [3.05, 3.63) is 69.6 Å². The van der Waals surface area contributed by atoms with Crippen molar-refractivity contribution in [3.63, 3.8) is 0 Å². The van der Waals surface area contributed by atoms with Gasteiger partial charge in [-0.05, 0) is 17.7 Å². The smallest absolute Gasteiger partial charge is 0.417 e. The van der Waals surface area contributed by atoms with E-state index in [9.17, 15) is 22.8 Å². The number of alkyl halides is 3. The molecule has 0 fully saturated rings. The molecule has 0 saturated carbocycles. The Kier molecular flexibility index (Phi) is 3.84. The summed E-state index contributed by atoms with van der Waals surface area (Å²) < 4.78 is 38.7. The molecular weight excluding hydrogens is 287 g/mol. The number of aromatic nitrogens is 1. The number of halogens is 3. The van der Waals surface area contributed by atoms with Gasteiger partial charge in [0.1, 0.15) is 0 Å². The van der Waals surface area contributed by atoms with Crippen LogP contribution in [0.2, 0.25) is 0 Å². The van der Waals surface area contributed by atoms with Crippen molar-refractivity contribution < 1.29 is 23.1 Å². The SMILES string of the molecule is O=C(O)c1ccccc1Cn1cc(C(F)(F)F)ccc1=O. The highest BCUT2D eigenvalue weighted by atomic mass is 19.4. The van der Waals surface area contributed by atoms with Crippen LogP contribution in [0.1, 0.15) is 21.5 Å². The number of aromatic carboxylic acids is 1. The first-order valence-electron chi connectivity index (χ1n) is 5.88. The predicted octanol–water partition coefficient (Wildman–Crippen LogP) is 2.61. The van der Waals surface area contributed by atoms with E-state index in [1.807, 2.05) is 0 Å². The molecule has 1 heterocycles. The lowest BCUT2D eigenvalue weighted by molar-refractivity contribution is -0.138. The first-order chi connectivity index (χ1) is 9.79. The zero-order valence-electron chi connectivity index (χ0n) is 10.6. The molecular formula is C14H10F3NO3. The van der Waals surface area contributed by atoms with E-state index in [1.165, 1.54) is 18.2 Å². The van der Waals surface area contributed by atoms with Gasteiger partial charge in [0.25, 0.3) is 5.56 Å². The molecule has 21 heavy (non-hydrogen) atoms. The Hall–Kier alpha value is -2.57. The van der Waals surface area contributed by atoms with E-state index in [1.54, 1.807) is 6.07 Å². The van der Waals surface area contributed by atoms with E-state index < -0.39 is 23.3 Å². The van der Waals surface area contributed by atoms with Crippen molar-refractivity contribution in [1.29, 1.82) is 0 Å². The molecule has 0 unspecified atom stereocenters. The lowest BCUT2D eigenvalue weighted by Gasteiger charge is -2.12. The molecule has 1 N–H and O–H groups in total. The van der Waals surface area contributed by atoms with E-state index in [-0.39, 0.29) is 17.7 Å². The predicted molar refractivity (Wildman–Crippen MR) is 68.2 cm³/mol. The van der Waals surface area contributed by atoms with E-state index in [0.717, 1.165) is 10.6 Å². The summed E-state index contributed by atoms with van der Waals surface area (Å²) >= 11 is 0. The largest absolute Gasteiger partial charge is 0.478 e. The van der Waals surface area contributed by atoms with Gasteiger partial charge in [-0.2, -0.15) is 13.2 Å². The second-order valence-electron chi connectivity index (χ2n) is 4.34. The minimum absolute atomic E-state index is 0.0539. The third-order valence-electron chi connectivity index (χ3n) is 2.90. The summed E-state index contributed by atoms with van der Waals surface area (Å²) in [5.74, 6) is -1.20. The monoisotopic (exact) mass is 297 g/mol. The van der Waals surface area contributed by atoms with Crippen LogP contribution >= 0.6 is 0 Å². The minimum atomic E-state index is -4.57. The Morgan fingerprint density at radius 1 is 1.14 bits per heavy atom. The minimum Gasteiger partial charge on any atom is -0.478 e. The molecule has 2 aromatic rings. The molecule has 0 atom stereocenters. The van der Waals surface area contributed by atoms with Crippen LogP contribution < -0.4 is 5.56 Å². The van der Waals surface area contributed by atoms with Crippen LogP contribution in [0.5, 0.6) is 0 Å². The maximum Gasteiger partial charge on any atom is 0.417 e. The van der Waals surface area contributed by atoms with Gasteiger partial charge in [-0.15, -0.1) is 0 Å². The van der Waals surface area contributed by atoms with Crippen LogP contribution in [-0.2, 0) is 12.7 Å². The van der Waals surface area contributed by atoms with E-state index in [0.29, 0.717) is 12.3 Å². The number of carbonyl (C=O) groups is 1. The summed E-state index contributed by atoms with van der Waals surface area (Å²) in [4.78, 5) is 22.7. The third-order valence-corrected chi connectivity index (χ3v) is 2.90. The average molecular weight is 297 g/mol. The number of pyridine rings is 1. The van der Waals surface area contributed by atoms with Gasteiger partial charge in [0.15, 0.2) is 0 Å². The van der Waals surface area contributed by atoms with Crippen molar-refractivity contribution in [2.75, 3.05) is 0 Å². The molecule has 4 nitrogen and oxygen atoms in total. The fourth-order valence-corrected chi connectivity index (χ4v) is 1.87. The lowest BCUT2D eigenvalue weighted by atomic mass is 10.1. The maximum absolute atomic E-state index is 12.6. The summed E-state index contributed by atoms with van der Waals surface area (Å²) in [5, 5.41) is 9.03. The number of carboxylic acid groups (broad SMARTS) is 1. The van der Waals surface area contributed by atoms with Crippen molar-refractivity contribution in [1.82, 2.24) is 4.57 Å². The summed E-state index contributed by atoms with van der Waals surface area (Å²) in [6.07, 6.45) is -3.89. The Morgan fingerprint density at radius 2 is 1.81 bits per heavy atom. The summed E-state index contributed by atoms with van der Waals surface area (Å²) in [6, 6.07) is 7.35. The molecule has 0 bridgehead atoms. The van der Waals surface area contributed by atoms with Gasteiger partial charge in [0.2, 0.25) is 0 Å². The van der Waals surface area contributed by atoms with Gasteiger partial charge in [-0.25, -0.2) is 4.79 Å². The molecule has 1 aromatic carbocycles. The number of hydrogen-bond donors (Lipinski definition) is 1. The Labute approximate surface area is 117 Å². The standard InChI is InChI=1S/C14H10F3NO3/c15-14(16,17)10-5-6-12(19)18(8-10)7-9-3-1-2-4-11(9)13(20)21/h1-6,8H,7H2,(H,20,21). The first-order valence-corrected chi connectivity index (χ1v) is 5.88. The number of benzene rings is 1. The molecule has 0 aliphatic heterocycles. The van der Waals surface area contributed by atoms with Crippen LogP contribution in [0.15, 0.2) is 47.4 Å². The van der Waals surface area contributed by atoms with Gasteiger partial charge < -0.3 is 9.67 Å². The van der Waals surface area contributed by atoms with E-state index in [4.69, 9.17) is 5.11 Å². The van der Waals surface area contributed by atoms with Crippen molar-refractivity contribution in [3.8, 4) is 0 Å². The van der Waals surface area contributed by atoms with Gasteiger partial charge in [0.05, 0.1) is 17.7 Å². The van der Waals surface area contributed by atoms with Crippen LogP contribution in [0, 0.1) is 0 Å². The highest BCUT2D eigenvalue weighted by molar-refractivity contribution is 5.89. The van der Waals surface area contributed by atoms with Crippen LogP contribution in [-0.4, -0.2) is 15.6 Å². The van der Waals surface area contributed by atoms with Gasteiger partial charge >= 0.3 is 12.1 Å². The Balaban J connectivity index is 2.45. The number of hydrogen-bond acceptors (Lipinski definition) is 2. The average Bonchev–Trinajstić information content (AvgIpc) is 2.40. The molecule has 0 radical (unpaired) electrons. The van der Waals surface area contributed by atoms with Gasteiger partial charge in [-0.3, -0.25) is 4.79 Å². The van der Waals surface area contributed by atoms with Crippen LogP contribution in [0.3, 0.4) is 0 Å². The Bertz CT molecular complexity index is 735. The van der Waals surface area contributed by atoms with Crippen molar-refractivity contribution >= 4 is 5.97 Å². The highest BCUT2D eigenvalue weighted by Crippen LogP contribution is 2.28. The third kappa shape index (κ3) is 3.31. The van der Waals surface area contributed by atoms with Crippen LogP contribution in [0.4, 0.5) is 13.2 Å². The Morgan fingerprint density at radius 3 is 2.43 bits per heavy atom. The topological polar surface area (TPSA) is 59.3 Å². The second kappa shape index (κ2) is 5.43. The van der Waals surface area contributed by atoms with Crippen molar-refractivity contribution in [2.45, 2.75) is 12.7 Å². The van der Waals surface area contributed by atoms with Crippen LogP contribution in [0.25, 0.3) is 0 Å². The quantitative estimate of drug-likeness (QED) is 0.947. The lowest BCUT2D eigenvalue weighted by Crippen LogP contribution is -2.22. The van der Waals surface area contributed by atoms with E-state index >= 15 is 0 Å². The highest BCUT2D eigenvalue weighted by Gasteiger charge is 2.31. The molecule has 1 aromatic heterocycles. The molecule has 7 heteroatoms. The zero-order valence-corrected chi connectivity index (χ0v) is 10.6. The summed E-state index contributed by atoms with van der Waals surface area (Å²) in [5.41, 5.74) is -1.40. The fraction of sp³-hybridized carbons (Fsp3) is 0.143. The number of nitrogens with zero attached hydrogens (tertiary/aromatic N) is 1. The zero-order chi connectivity index (χ0) is 15.6. The molecule has 0 aliphatic carbocycles. The second-order valence-corrected chi connectivity index (χ2v) is 4.34. The van der Waals surface area contributed by atoms with E-state index in [2.05, 4.69) is 0 Å². The molecule has 0 saturated heterocycles. The molecule has 110 valence electrons. The fourth-order valence-electron chi connectivity index (χ4n) is 1.87. The van der Waals surface area contributed by atoms with Crippen molar-refractivity contribution in [2.24, 2.45) is 0 Å². The normalized spacial score (nSPS) is 11.4. The van der Waals surface area contributed by atoms with Gasteiger partial charge in [-0.1, -0.05) is 18.2 Å². The summed E-state index contributed by atoms with van der Waals surface area (Å²) in [7, 11) is 0. The number of carboxylic acids is 1.